The van der Waals surface area contributed by atoms with Crippen molar-refractivity contribution in [3.8, 4) is 22.8 Å². The number of anilines is 1. The minimum absolute atomic E-state index is 0.0397. The lowest BCUT2D eigenvalue weighted by atomic mass is 10.1. The highest BCUT2D eigenvalue weighted by Gasteiger charge is 2.25. The Labute approximate surface area is 204 Å². The number of rotatable bonds is 6. The van der Waals surface area contributed by atoms with Gasteiger partial charge < -0.3 is 19.6 Å². The minimum Gasteiger partial charge on any atom is -0.507 e. The molecule has 2 aromatic heterocycles. The first-order chi connectivity index (χ1) is 17.0. The van der Waals surface area contributed by atoms with Crippen LogP contribution in [0.5, 0.6) is 11.5 Å². The van der Waals surface area contributed by atoms with E-state index < -0.39 is 11.7 Å². The van der Waals surface area contributed by atoms with E-state index in [1.165, 1.54) is 25.3 Å². The molecule has 5 rings (SSSR count). The fourth-order valence-corrected chi connectivity index (χ4v) is 3.97. The van der Waals surface area contributed by atoms with Gasteiger partial charge in [0.1, 0.15) is 22.8 Å². The maximum absolute atomic E-state index is 13.3. The van der Waals surface area contributed by atoms with E-state index >= 15 is 0 Å². The summed E-state index contributed by atoms with van der Waals surface area (Å²) in [6, 6.07) is 19.8. The molecule has 0 aliphatic carbocycles. The largest absolute Gasteiger partial charge is 0.507 e. The molecule has 0 radical (unpaired) electrons. The number of nitrogens with one attached hydrogen (secondary N) is 2. The summed E-state index contributed by atoms with van der Waals surface area (Å²) in [6.07, 6.45) is 0. The maximum Gasteiger partial charge on any atom is 0.273 e. The Morgan fingerprint density at radius 1 is 1.06 bits per heavy atom. The number of carbonyl (C=O) groups excluding carboxylic acids is 2. The molecule has 0 saturated heterocycles. The first kappa shape index (κ1) is 22.2. The van der Waals surface area contributed by atoms with Crippen molar-refractivity contribution in [2.24, 2.45) is 0 Å². The number of benzene rings is 3. The van der Waals surface area contributed by atoms with E-state index in [4.69, 9.17) is 20.8 Å². The first-order valence-electron chi connectivity index (χ1n) is 10.5. The lowest BCUT2D eigenvalue weighted by Gasteiger charge is -2.07. The molecule has 9 heteroatoms. The van der Waals surface area contributed by atoms with Crippen LogP contribution >= 0.6 is 11.6 Å². The second-order valence-corrected chi connectivity index (χ2v) is 8.03. The molecular weight excluding hydrogens is 470 g/mol. The molecular formula is C26H18ClN3O5. The predicted octanol–water partition coefficient (Wildman–Crippen LogP) is 5.67. The average Bonchev–Trinajstić information content (AvgIpc) is 3.50. The number of hydrogen-bond acceptors (Lipinski definition) is 6. The molecule has 0 unspecified atom stereocenters. The number of para-hydroxylation sites is 2. The van der Waals surface area contributed by atoms with Crippen LogP contribution in [0, 0.1) is 0 Å². The molecule has 0 aliphatic rings. The number of hydrogen-bond donors (Lipinski definition) is 3. The zero-order valence-electron chi connectivity index (χ0n) is 18.3. The number of fused-ring (bicyclic) bond motifs is 1. The SMILES string of the molecule is COc1ccc(C(=O)c2oc3ccccc3c2NC(=O)c2cc(-c3ccccc3O)n[nH]2)cc1Cl. The Kier molecular flexibility index (Phi) is 5.72. The molecule has 0 atom stereocenters. The third-order valence-corrected chi connectivity index (χ3v) is 5.75. The Bertz CT molecular complexity index is 1590. The smallest absolute Gasteiger partial charge is 0.273 e. The zero-order chi connectivity index (χ0) is 24.5. The van der Waals surface area contributed by atoms with Gasteiger partial charge in [0, 0.05) is 16.5 Å². The van der Waals surface area contributed by atoms with Crippen LogP contribution < -0.4 is 10.1 Å². The molecule has 5 aromatic rings. The number of carbonyl (C=O) groups is 2. The van der Waals surface area contributed by atoms with Crippen molar-refractivity contribution in [3.63, 3.8) is 0 Å². The number of amides is 1. The van der Waals surface area contributed by atoms with Crippen molar-refractivity contribution in [1.29, 1.82) is 0 Å². The lowest BCUT2D eigenvalue weighted by Crippen LogP contribution is -2.14. The van der Waals surface area contributed by atoms with E-state index in [1.54, 1.807) is 54.6 Å². The van der Waals surface area contributed by atoms with Crippen molar-refractivity contribution in [2.45, 2.75) is 0 Å². The molecule has 1 amide bonds. The highest BCUT2D eigenvalue weighted by molar-refractivity contribution is 6.32. The highest BCUT2D eigenvalue weighted by atomic mass is 35.5. The third kappa shape index (κ3) is 4.11. The summed E-state index contributed by atoms with van der Waals surface area (Å²) in [4.78, 5) is 26.4. The van der Waals surface area contributed by atoms with Gasteiger partial charge in [0.25, 0.3) is 5.91 Å². The molecule has 0 aliphatic heterocycles. The van der Waals surface area contributed by atoms with Gasteiger partial charge in [-0.2, -0.15) is 5.10 Å². The number of aromatic hydroxyl groups is 1. The van der Waals surface area contributed by atoms with Gasteiger partial charge in [-0.3, -0.25) is 14.7 Å². The van der Waals surface area contributed by atoms with Crippen LogP contribution in [0.1, 0.15) is 26.6 Å². The fourth-order valence-electron chi connectivity index (χ4n) is 3.72. The number of halogens is 1. The Morgan fingerprint density at radius 3 is 2.60 bits per heavy atom. The van der Waals surface area contributed by atoms with Crippen LogP contribution in [0.25, 0.3) is 22.2 Å². The van der Waals surface area contributed by atoms with Gasteiger partial charge in [-0.1, -0.05) is 35.9 Å². The van der Waals surface area contributed by atoms with E-state index in [0.717, 1.165) is 0 Å². The van der Waals surface area contributed by atoms with Gasteiger partial charge in [-0.25, -0.2) is 0 Å². The lowest BCUT2D eigenvalue weighted by molar-refractivity contribution is 0.101. The summed E-state index contributed by atoms with van der Waals surface area (Å²) >= 11 is 6.20. The van der Waals surface area contributed by atoms with E-state index in [1.807, 2.05) is 0 Å². The summed E-state index contributed by atoms with van der Waals surface area (Å²) in [5.74, 6) is -0.562. The molecule has 0 bridgehead atoms. The quantitative estimate of drug-likeness (QED) is 0.265. The van der Waals surface area contributed by atoms with Crippen molar-refractivity contribution in [3.05, 3.63) is 94.8 Å². The number of furan rings is 1. The summed E-state index contributed by atoms with van der Waals surface area (Å²) in [5.41, 5.74) is 1.94. The molecule has 3 aromatic carbocycles. The van der Waals surface area contributed by atoms with Crippen molar-refractivity contribution < 1.29 is 23.8 Å². The van der Waals surface area contributed by atoms with E-state index in [-0.39, 0.29) is 33.5 Å². The van der Waals surface area contributed by atoms with Gasteiger partial charge in [0.15, 0.2) is 5.76 Å². The van der Waals surface area contributed by atoms with E-state index in [0.29, 0.717) is 28.0 Å². The molecule has 0 fully saturated rings. The minimum atomic E-state index is -0.535. The summed E-state index contributed by atoms with van der Waals surface area (Å²) in [5, 5.41) is 20.5. The van der Waals surface area contributed by atoms with Crippen LogP contribution in [-0.4, -0.2) is 34.1 Å². The molecule has 0 saturated carbocycles. The molecule has 35 heavy (non-hydrogen) atoms. The summed E-state index contributed by atoms with van der Waals surface area (Å²) in [6.45, 7) is 0. The van der Waals surface area contributed by atoms with Crippen LogP contribution in [0.4, 0.5) is 5.69 Å². The predicted molar refractivity (Wildman–Crippen MR) is 131 cm³/mol. The second-order valence-electron chi connectivity index (χ2n) is 7.62. The number of nitrogens with zero attached hydrogens (tertiary/aromatic N) is 1. The standard InChI is InChI=1S/C26H18ClN3O5/c1-34-22-11-10-14(12-17(22)27)24(32)25-23(16-7-3-5-9-21(16)35-25)28-26(33)19-13-18(29-30-19)15-6-2-4-8-20(15)31/h2-13,31H,1H3,(H,28,33)(H,29,30). The fraction of sp³-hybridized carbons (Fsp3) is 0.0385. The molecule has 8 nitrogen and oxygen atoms in total. The van der Waals surface area contributed by atoms with Crippen LogP contribution in [0.3, 0.4) is 0 Å². The van der Waals surface area contributed by atoms with Crippen molar-refractivity contribution in [1.82, 2.24) is 10.2 Å². The van der Waals surface area contributed by atoms with Crippen LogP contribution in [-0.2, 0) is 0 Å². The Hall–Kier alpha value is -4.56. The molecule has 2 heterocycles. The van der Waals surface area contributed by atoms with Crippen molar-refractivity contribution >= 4 is 39.9 Å². The van der Waals surface area contributed by atoms with Crippen molar-refractivity contribution in [2.75, 3.05) is 12.4 Å². The average molecular weight is 488 g/mol. The monoisotopic (exact) mass is 487 g/mol. The Balaban J connectivity index is 1.51. The van der Waals surface area contributed by atoms with Gasteiger partial charge >= 0.3 is 0 Å². The van der Waals surface area contributed by atoms with Gasteiger partial charge in [-0.05, 0) is 48.5 Å². The zero-order valence-corrected chi connectivity index (χ0v) is 19.1. The number of phenolic OH excluding ortho intramolecular Hbond substituents is 1. The van der Waals surface area contributed by atoms with Gasteiger partial charge in [-0.15, -0.1) is 0 Å². The molecule has 0 spiro atoms. The number of ketones is 1. The van der Waals surface area contributed by atoms with Crippen LogP contribution in [0.15, 0.2) is 77.2 Å². The summed E-state index contributed by atoms with van der Waals surface area (Å²) in [7, 11) is 1.48. The van der Waals surface area contributed by atoms with E-state index in [2.05, 4.69) is 15.5 Å². The number of aromatic amines is 1. The number of H-pyrrole nitrogens is 1. The number of ether oxygens (including phenoxy) is 1. The molecule has 3 N–H and O–H groups in total. The number of methoxy groups -OCH3 is 1. The van der Waals surface area contributed by atoms with Gasteiger partial charge in [0.05, 0.1) is 23.5 Å². The first-order valence-corrected chi connectivity index (χ1v) is 10.9. The highest BCUT2D eigenvalue weighted by Crippen LogP contribution is 2.34. The number of phenols is 1. The second kappa shape index (κ2) is 9.00. The Morgan fingerprint density at radius 2 is 1.83 bits per heavy atom. The maximum atomic E-state index is 13.3. The third-order valence-electron chi connectivity index (χ3n) is 5.46. The van der Waals surface area contributed by atoms with Gasteiger partial charge in [0.2, 0.25) is 5.78 Å². The van der Waals surface area contributed by atoms with E-state index in [9.17, 15) is 14.7 Å². The normalized spacial score (nSPS) is 10.9. The molecule has 174 valence electrons. The van der Waals surface area contributed by atoms with Crippen LogP contribution in [0.2, 0.25) is 5.02 Å². The number of aromatic nitrogens is 2. The summed E-state index contributed by atoms with van der Waals surface area (Å²) < 4.78 is 11.0. The topological polar surface area (TPSA) is 117 Å².